The van der Waals surface area contributed by atoms with Gasteiger partial charge in [-0.2, -0.15) is 0 Å². The SMILES string of the molecule is Cc1occc1C(=O)N[C@H](C)c1nncn1C1CCCC1. The quantitative estimate of drug-likeness (QED) is 0.939. The van der Waals surface area contributed by atoms with Crippen LogP contribution in [0.1, 0.15) is 66.6 Å². The predicted molar refractivity (Wildman–Crippen MR) is 76.9 cm³/mol. The van der Waals surface area contributed by atoms with Gasteiger partial charge in [-0.05, 0) is 32.8 Å². The van der Waals surface area contributed by atoms with Crippen LogP contribution in [0, 0.1) is 6.92 Å². The summed E-state index contributed by atoms with van der Waals surface area (Å²) in [6.07, 6.45) is 8.11. The lowest BCUT2D eigenvalue weighted by Crippen LogP contribution is -2.29. The highest BCUT2D eigenvalue weighted by Gasteiger charge is 2.24. The predicted octanol–water partition coefficient (Wildman–Crippen LogP) is 2.79. The Morgan fingerprint density at radius 3 is 2.90 bits per heavy atom. The summed E-state index contributed by atoms with van der Waals surface area (Å²) < 4.78 is 7.28. The summed E-state index contributed by atoms with van der Waals surface area (Å²) in [5, 5.41) is 11.2. The number of rotatable bonds is 4. The molecule has 21 heavy (non-hydrogen) atoms. The average Bonchev–Trinajstić information content (AvgIpc) is 3.19. The molecule has 1 atom stereocenters. The Bertz CT molecular complexity index is 625. The van der Waals surface area contributed by atoms with Gasteiger partial charge in [0.05, 0.1) is 17.9 Å². The molecule has 1 saturated carbocycles. The Hall–Kier alpha value is -2.11. The summed E-state index contributed by atoms with van der Waals surface area (Å²) in [6.45, 7) is 3.71. The van der Waals surface area contributed by atoms with E-state index in [1.54, 1.807) is 19.3 Å². The van der Waals surface area contributed by atoms with Gasteiger partial charge in [-0.1, -0.05) is 12.8 Å². The molecule has 0 bridgehead atoms. The summed E-state index contributed by atoms with van der Waals surface area (Å²) >= 11 is 0. The smallest absolute Gasteiger partial charge is 0.255 e. The van der Waals surface area contributed by atoms with Gasteiger partial charge in [0.2, 0.25) is 0 Å². The van der Waals surface area contributed by atoms with E-state index in [-0.39, 0.29) is 11.9 Å². The molecular weight excluding hydrogens is 268 g/mol. The molecule has 6 nitrogen and oxygen atoms in total. The van der Waals surface area contributed by atoms with Crippen molar-refractivity contribution in [3.05, 3.63) is 35.8 Å². The molecule has 3 rings (SSSR count). The van der Waals surface area contributed by atoms with Crippen molar-refractivity contribution in [1.29, 1.82) is 0 Å². The minimum Gasteiger partial charge on any atom is -0.469 e. The first-order valence-electron chi connectivity index (χ1n) is 7.41. The topological polar surface area (TPSA) is 73.0 Å². The average molecular weight is 288 g/mol. The minimum absolute atomic E-state index is 0.144. The number of furan rings is 1. The van der Waals surface area contributed by atoms with Gasteiger partial charge in [-0.3, -0.25) is 4.79 Å². The third-order valence-electron chi connectivity index (χ3n) is 4.16. The third kappa shape index (κ3) is 2.70. The van der Waals surface area contributed by atoms with E-state index in [2.05, 4.69) is 20.1 Å². The normalized spacial score (nSPS) is 17.0. The fraction of sp³-hybridized carbons (Fsp3) is 0.533. The molecule has 0 radical (unpaired) electrons. The fourth-order valence-corrected chi connectivity index (χ4v) is 2.98. The molecule has 2 aromatic heterocycles. The van der Waals surface area contributed by atoms with E-state index in [4.69, 9.17) is 4.42 Å². The number of hydrogen-bond acceptors (Lipinski definition) is 4. The number of carbonyl (C=O) groups is 1. The Morgan fingerprint density at radius 1 is 1.48 bits per heavy atom. The van der Waals surface area contributed by atoms with Crippen molar-refractivity contribution >= 4 is 5.91 Å². The first-order chi connectivity index (χ1) is 10.2. The van der Waals surface area contributed by atoms with Crippen LogP contribution in [0.15, 0.2) is 23.1 Å². The molecule has 1 amide bonds. The highest BCUT2D eigenvalue weighted by molar-refractivity contribution is 5.95. The van der Waals surface area contributed by atoms with Crippen molar-refractivity contribution in [2.24, 2.45) is 0 Å². The van der Waals surface area contributed by atoms with Crippen molar-refractivity contribution in [2.75, 3.05) is 0 Å². The van der Waals surface area contributed by atoms with Gasteiger partial charge in [0, 0.05) is 6.04 Å². The lowest BCUT2D eigenvalue weighted by molar-refractivity contribution is 0.0935. The van der Waals surface area contributed by atoms with Crippen LogP contribution in [0.3, 0.4) is 0 Å². The Kier molecular flexibility index (Phi) is 3.77. The lowest BCUT2D eigenvalue weighted by Gasteiger charge is -2.18. The second-order valence-electron chi connectivity index (χ2n) is 5.62. The van der Waals surface area contributed by atoms with Gasteiger partial charge in [-0.15, -0.1) is 10.2 Å². The molecule has 0 aliphatic heterocycles. The van der Waals surface area contributed by atoms with Crippen molar-refractivity contribution < 1.29 is 9.21 Å². The number of aryl methyl sites for hydroxylation is 1. The monoisotopic (exact) mass is 288 g/mol. The van der Waals surface area contributed by atoms with E-state index >= 15 is 0 Å². The van der Waals surface area contributed by atoms with Crippen LogP contribution >= 0.6 is 0 Å². The van der Waals surface area contributed by atoms with E-state index < -0.39 is 0 Å². The molecule has 1 aliphatic rings. The van der Waals surface area contributed by atoms with Crippen LogP contribution in [0.2, 0.25) is 0 Å². The van der Waals surface area contributed by atoms with Gasteiger partial charge >= 0.3 is 0 Å². The van der Waals surface area contributed by atoms with E-state index in [0.29, 0.717) is 17.4 Å². The van der Waals surface area contributed by atoms with Gasteiger partial charge < -0.3 is 14.3 Å². The standard InChI is InChI=1S/C15H20N4O2/c1-10(17-15(20)13-7-8-21-11(13)2)14-18-16-9-19(14)12-5-3-4-6-12/h7-10,12H,3-6H2,1-2H3,(H,17,20)/t10-/m1/s1. The molecule has 112 valence electrons. The van der Waals surface area contributed by atoms with Gasteiger partial charge in [0.1, 0.15) is 12.1 Å². The largest absolute Gasteiger partial charge is 0.469 e. The van der Waals surface area contributed by atoms with Crippen LogP contribution < -0.4 is 5.32 Å². The molecule has 0 saturated heterocycles. The maximum atomic E-state index is 12.2. The van der Waals surface area contributed by atoms with Crippen molar-refractivity contribution in [1.82, 2.24) is 20.1 Å². The van der Waals surface area contributed by atoms with E-state index in [0.717, 1.165) is 18.7 Å². The number of aromatic nitrogens is 3. The number of nitrogens with one attached hydrogen (secondary N) is 1. The summed E-state index contributed by atoms with van der Waals surface area (Å²) in [6, 6.07) is 1.96. The molecule has 0 aromatic carbocycles. The Labute approximate surface area is 123 Å². The second-order valence-corrected chi connectivity index (χ2v) is 5.62. The van der Waals surface area contributed by atoms with E-state index in [9.17, 15) is 4.79 Å². The minimum atomic E-state index is -0.185. The van der Waals surface area contributed by atoms with E-state index in [1.165, 1.54) is 19.1 Å². The molecule has 1 N–H and O–H groups in total. The Balaban J connectivity index is 1.74. The maximum Gasteiger partial charge on any atom is 0.255 e. The molecule has 0 unspecified atom stereocenters. The molecule has 1 aliphatic carbocycles. The zero-order valence-electron chi connectivity index (χ0n) is 12.4. The maximum absolute atomic E-state index is 12.2. The van der Waals surface area contributed by atoms with Crippen molar-refractivity contribution in [2.45, 2.75) is 51.6 Å². The highest BCUT2D eigenvalue weighted by Crippen LogP contribution is 2.31. The Morgan fingerprint density at radius 2 is 2.24 bits per heavy atom. The fourth-order valence-electron chi connectivity index (χ4n) is 2.98. The molecule has 0 spiro atoms. The summed E-state index contributed by atoms with van der Waals surface area (Å²) in [4.78, 5) is 12.2. The molecule has 6 heteroatoms. The summed E-state index contributed by atoms with van der Waals surface area (Å²) in [5.74, 6) is 1.29. The molecule has 1 fully saturated rings. The van der Waals surface area contributed by atoms with Crippen molar-refractivity contribution in [3.8, 4) is 0 Å². The zero-order valence-corrected chi connectivity index (χ0v) is 12.4. The van der Waals surface area contributed by atoms with Gasteiger partial charge in [0.25, 0.3) is 5.91 Å². The first kappa shape index (κ1) is 13.9. The number of nitrogens with zero attached hydrogens (tertiary/aromatic N) is 3. The second kappa shape index (κ2) is 5.71. The molecular formula is C15H20N4O2. The first-order valence-corrected chi connectivity index (χ1v) is 7.41. The van der Waals surface area contributed by atoms with Crippen molar-refractivity contribution in [3.63, 3.8) is 0 Å². The highest BCUT2D eigenvalue weighted by atomic mass is 16.3. The molecule has 2 heterocycles. The van der Waals surface area contributed by atoms with Gasteiger partial charge in [0.15, 0.2) is 5.82 Å². The summed E-state index contributed by atoms with van der Waals surface area (Å²) in [5.41, 5.74) is 0.564. The number of amides is 1. The van der Waals surface area contributed by atoms with E-state index in [1.807, 2.05) is 6.92 Å². The lowest BCUT2D eigenvalue weighted by atomic mass is 10.2. The molecule has 2 aromatic rings. The van der Waals surface area contributed by atoms with Crippen LogP contribution in [-0.4, -0.2) is 20.7 Å². The van der Waals surface area contributed by atoms with Crippen LogP contribution in [0.4, 0.5) is 0 Å². The van der Waals surface area contributed by atoms with Gasteiger partial charge in [-0.25, -0.2) is 0 Å². The summed E-state index contributed by atoms with van der Waals surface area (Å²) in [7, 11) is 0. The van der Waals surface area contributed by atoms with Crippen LogP contribution in [0.25, 0.3) is 0 Å². The third-order valence-corrected chi connectivity index (χ3v) is 4.16. The van der Waals surface area contributed by atoms with Crippen LogP contribution in [0.5, 0.6) is 0 Å². The number of carbonyl (C=O) groups excluding carboxylic acids is 1. The number of hydrogen-bond donors (Lipinski definition) is 1. The van der Waals surface area contributed by atoms with Crippen LogP contribution in [-0.2, 0) is 0 Å². The zero-order chi connectivity index (χ0) is 14.8.